The van der Waals surface area contributed by atoms with Gasteiger partial charge in [0.05, 0.1) is 4.90 Å². The molecule has 126 valence electrons. The van der Waals surface area contributed by atoms with Crippen molar-refractivity contribution in [1.29, 1.82) is 0 Å². The predicted octanol–water partition coefficient (Wildman–Crippen LogP) is 2.70. The normalized spacial score (nSPS) is 13.8. The van der Waals surface area contributed by atoms with Gasteiger partial charge in [-0.3, -0.25) is 0 Å². The average Bonchev–Trinajstić information content (AvgIpc) is 3.07. The van der Waals surface area contributed by atoms with E-state index in [2.05, 4.69) is 9.93 Å². The van der Waals surface area contributed by atoms with Crippen LogP contribution >= 0.6 is 0 Å². The Balaban J connectivity index is 1.59. The van der Waals surface area contributed by atoms with Crippen LogP contribution in [0.25, 0.3) is 0 Å². The summed E-state index contributed by atoms with van der Waals surface area (Å²) in [5, 5.41) is 3.98. The number of ether oxygens (including phenoxy) is 2. The van der Waals surface area contributed by atoms with Crippen molar-refractivity contribution in [2.75, 3.05) is 6.79 Å². The molecular formula is C17H18N2O4S. The summed E-state index contributed by atoms with van der Waals surface area (Å²) in [5.74, 6) is 1.49. The molecule has 1 aliphatic rings. The number of hydrogen-bond acceptors (Lipinski definition) is 5. The first-order chi connectivity index (χ1) is 11.5. The van der Waals surface area contributed by atoms with Gasteiger partial charge in [-0.25, -0.2) is 4.83 Å². The van der Waals surface area contributed by atoms with Crippen molar-refractivity contribution in [1.82, 2.24) is 4.83 Å². The van der Waals surface area contributed by atoms with Crippen molar-refractivity contribution in [3.8, 4) is 11.5 Å². The highest BCUT2D eigenvalue weighted by Crippen LogP contribution is 2.32. The lowest BCUT2D eigenvalue weighted by atomic mass is 10.1. The molecule has 0 unspecified atom stereocenters. The molecule has 24 heavy (non-hydrogen) atoms. The Hall–Kier alpha value is -2.54. The summed E-state index contributed by atoms with van der Waals surface area (Å²) < 4.78 is 34.8. The maximum Gasteiger partial charge on any atom is 0.276 e. The highest BCUT2D eigenvalue weighted by atomic mass is 32.2. The number of fused-ring (bicyclic) bond motifs is 1. The van der Waals surface area contributed by atoms with Crippen LogP contribution in [0.2, 0.25) is 0 Å². The van der Waals surface area contributed by atoms with Gasteiger partial charge < -0.3 is 9.47 Å². The fourth-order valence-electron chi connectivity index (χ4n) is 2.27. The van der Waals surface area contributed by atoms with E-state index in [1.54, 1.807) is 25.1 Å². The van der Waals surface area contributed by atoms with Gasteiger partial charge in [-0.15, -0.1) is 0 Å². The zero-order valence-corrected chi connectivity index (χ0v) is 14.0. The highest BCUT2D eigenvalue weighted by Gasteiger charge is 2.14. The molecule has 3 rings (SSSR count). The number of rotatable bonds is 6. The summed E-state index contributed by atoms with van der Waals surface area (Å²) in [7, 11) is -3.62. The van der Waals surface area contributed by atoms with Crippen LogP contribution < -0.4 is 14.3 Å². The van der Waals surface area contributed by atoms with E-state index in [-0.39, 0.29) is 11.7 Å². The van der Waals surface area contributed by atoms with Gasteiger partial charge in [-0.2, -0.15) is 13.5 Å². The predicted molar refractivity (Wildman–Crippen MR) is 90.8 cm³/mol. The number of nitrogens with one attached hydrogen (secondary N) is 1. The maximum absolute atomic E-state index is 12.1. The number of sulfonamides is 1. The standard InChI is InChI=1S/C17H18N2O4S/c1-13(18-19-24(20,21)15-5-3-2-4-6-15)7-8-14-9-10-16-17(11-14)23-12-22-16/h2-6,9-11,19H,7-8,12H2,1H3/b18-13-. The summed E-state index contributed by atoms with van der Waals surface area (Å²) in [6, 6.07) is 13.9. The zero-order valence-electron chi connectivity index (χ0n) is 13.2. The Morgan fingerprint density at radius 1 is 1.12 bits per heavy atom. The van der Waals surface area contributed by atoms with Gasteiger partial charge >= 0.3 is 0 Å². The van der Waals surface area contributed by atoms with E-state index < -0.39 is 10.0 Å². The van der Waals surface area contributed by atoms with Crippen LogP contribution in [0.1, 0.15) is 18.9 Å². The molecule has 0 amide bonds. The van der Waals surface area contributed by atoms with E-state index >= 15 is 0 Å². The van der Waals surface area contributed by atoms with Crippen molar-refractivity contribution in [2.45, 2.75) is 24.7 Å². The Morgan fingerprint density at radius 3 is 2.67 bits per heavy atom. The van der Waals surface area contributed by atoms with Gasteiger partial charge in [0, 0.05) is 5.71 Å². The molecular weight excluding hydrogens is 328 g/mol. The van der Waals surface area contributed by atoms with Crippen LogP contribution in [0.15, 0.2) is 58.5 Å². The third kappa shape index (κ3) is 3.86. The number of hydrazone groups is 1. The monoisotopic (exact) mass is 346 g/mol. The second-order valence-corrected chi connectivity index (χ2v) is 7.10. The molecule has 0 fully saturated rings. The van der Waals surface area contributed by atoms with Crippen molar-refractivity contribution in [3.63, 3.8) is 0 Å². The number of aryl methyl sites for hydroxylation is 1. The molecule has 0 aliphatic carbocycles. The van der Waals surface area contributed by atoms with Crippen LogP contribution in [0.4, 0.5) is 0 Å². The molecule has 7 heteroatoms. The average molecular weight is 346 g/mol. The van der Waals surface area contributed by atoms with Crippen molar-refractivity contribution >= 4 is 15.7 Å². The largest absolute Gasteiger partial charge is 0.454 e. The Labute approximate surface area is 141 Å². The maximum atomic E-state index is 12.1. The van der Waals surface area contributed by atoms with Crippen molar-refractivity contribution in [3.05, 3.63) is 54.1 Å². The van der Waals surface area contributed by atoms with E-state index in [1.165, 1.54) is 12.1 Å². The van der Waals surface area contributed by atoms with E-state index in [1.807, 2.05) is 18.2 Å². The summed E-state index contributed by atoms with van der Waals surface area (Å²) >= 11 is 0. The van der Waals surface area contributed by atoms with Gasteiger partial charge in [0.2, 0.25) is 6.79 Å². The molecule has 0 spiro atoms. The Kier molecular flexibility index (Phi) is 4.71. The molecule has 2 aromatic rings. The second kappa shape index (κ2) is 6.92. The first kappa shape index (κ1) is 16.3. The van der Waals surface area contributed by atoms with E-state index in [0.717, 1.165) is 23.5 Å². The third-order valence-electron chi connectivity index (χ3n) is 3.62. The molecule has 0 saturated carbocycles. The van der Waals surface area contributed by atoms with Crippen LogP contribution in [0.3, 0.4) is 0 Å². The van der Waals surface area contributed by atoms with E-state index in [4.69, 9.17) is 9.47 Å². The van der Waals surface area contributed by atoms with Gasteiger partial charge in [0.25, 0.3) is 10.0 Å². The van der Waals surface area contributed by atoms with Crippen molar-refractivity contribution in [2.24, 2.45) is 5.10 Å². The minimum atomic E-state index is -3.62. The van der Waals surface area contributed by atoms with Crippen LogP contribution in [-0.2, 0) is 16.4 Å². The fraction of sp³-hybridized carbons (Fsp3) is 0.235. The number of hydrogen-bond donors (Lipinski definition) is 1. The highest BCUT2D eigenvalue weighted by molar-refractivity contribution is 7.89. The molecule has 1 N–H and O–H groups in total. The number of nitrogens with zero attached hydrogens (tertiary/aromatic N) is 1. The Morgan fingerprint density at radius 2 is 1.88 bits per heavy atom. The summed E-state index contributed by atoms with van der Waals surface area (Å²) in [6.07, 6.45) is 1.37. The first-order valence-corrected chi connectivity index (χ1v) is 9.01. The molecule has 0 radical (unpaired) electrons. The molecule has 1 aliphatic heterocycles. The third-order valence-corrected chi connectivity index (χ3v) is 4.85. The van der Waals surface area contributed by atoms with E-state index in [9.17, 15) is 8.42 Å². The second-order valence-electron chi connectivity index (χ2n) is 5.44. The quantitative estimate of drug-likeness (QED) is 0.644. The van der Waals surface area contributed by atoms with Gasteiger partial charge in [-0.05, 0) is 49.6 Å². The van der Waals surface area contributed by atoms with E-state index in [0.29, 0.717) is 12.1 Å². The summed E-state index contributed by atoms with van der Waals surface area (Å²) in [6.45, 7) is 2.04. The summed E-state index contributed by atoms with van der Waals surface area (Å²) in [5.41, 5.74) is 1.78. The van der Waals surface area contributed by atoms with Gasteiger partial charge in [0.15, 0.2) is 11.5 Å². The van der Waals surface area contributed by atoms with Gasteiger partial charge in [-0.1, -0.05) is 24.3 Å². The molecule has 2 aromatic carbocycles. The lowest BCUT2D eigenvalue weighted by molar-refractivity contribution is 0.174. The molecule has 1 heterocycles. The molecule has 0 atom stereocenters. The SMILES string of the molecule is C/C(CCc1ccc2c(c1)OCO2)=N/NS(=O)(=O)c1ccccc1. The van der Waals surface area contributed by atoms with Crippen LogP contribution in [-0.4, -0.2) is 20.9 Å². The number of benzene rings is 2. The molecule has 6 nitrogen and oxygen atoms in total. The smallest absolute Gasteiger partial charge is 0.276 e. The molecule has 0 saturated heterocycles. The van der Waals surface area contributed by atoms with Crippen molar-refractivity contribution < 1.29 is 17.9 Å². The molecule has 0 bridgehead atoms. The summed E-state index contributed by atoms with van der Waals surface area (Å²) in [4.78, 5) is 2.46. The minimum Gasteiger partial charge on any atom is -0.454 e. The molecule has 0 aromatic heterocycles. The first-order valence-electron chi connectivity index (χ1n) is 7.53. The lowest BCUT2D eigenvalue weighted by Crippen LogP contribution is -2.19. The van der Waals surface area contributed by atoms with Gasteiger partial charge in [0.1, 0.15) is 0 Å². The fourth-order valence-corrected chi connectivity index (χ4v) is 3.16. The lowest BCUT2D eigenvalue weighted by Gasteiger charge is -2.06. The van der Waals surface area contributed by atoms with Crippen LogP contribution in [0, 0.1) is 0 Å². The minimum absolute atomic E-state index is 0.192. The van der Waals surface area contributed by atoms with Crippen LogP contribution in [0.5, 0.6) is 11.5 Å². The Bertz CT molecular complexity index is 848. The zero-order chi connectivity index (χ0) is 17.0. The topological polar surface area (TPSA) is 77.0 Å².